The third-order valence-electron chi connectivity index (χ3n) is 7.04. The van der Waals surface area contributed by atoms with Crippen LogP contribution in [0.5, 0.6) is 0 Å². The van der Waals surface area contributed by atoms with E-state index in [2.05, 4.69) is 29.4 Å². The molecule has 0 unspecified atom stereocenters. The molecule has 0 spiro atoms. The average Bonchev–Trinajstić information content (AvgIpc) is 3.50. The van der Waals surface area contributed by atoms with Crippen LogP contribution in [0.4, 0.5) is 10.5 Å². The number of rotatable bonds is 10. The van der Waals surface area contributed by atoms with Gasteiger partial charge in [-0.15, -0.1) is 5.10 Å². The highest BCUT2D eigenvalue weighted by atomic mass is 28.4. The maximum absolute atomic E-state index is 11.8. The van der Waals surface area contributed by atoms with E-state index in [1.54, 1.807) is 9.58 Å². The van der Waals surface area contributed by atoms with Gasteiger partial charge < -0.3 is 19.4 Å². The maximum Gasteiger partial charge on any atom is 0.414 e. The molecule has 2 aliphatic rings. The lowest BCUT2D eigenvalue weighted by Crippen LogP contribution is -2.40. The van der Waals surface area contributed by atoms with Gasteiger partial charge in [-0.05, 0) is 56.0 Å². The highest BCUT2D eigenvalue weighted by Gasteiger charge is 2.49. The van der Waals surface area contributed by atoms with Gasteiger partial charge in [0.05, 0.1) is 24.4 Å². The summed E-state index contributed by atoms with van der Waals surface area (Å²) in [5.74, 6) is 0.274. The van der Waals surface area contributed by atoms with Gasteiger partial charge in [-0.1, -0.05) is 24.3 Å². The molecule has 2 fully saturated rings. The second-order valence-electron chi connectivity index (χ2n) is 9.96. The fraction of sp³-hybridized carbons (Fsp3) is 0.625. The molecule has 10 heteroatoms. The number of aromatic nitrogens is 3. The van der Waals surface area contributed by atoms with Crippen LogP contribution in [0.2, 0.25) is 18.6 Å². The molecular formula is C24H36N4O5Si. The molecule has 186 valence electrons. The number of aryl methyl sites for hydroxylation is 2. The first-order valence-electron chi connectivity index (χ1n) is 12.2. The molecule has 1 aromatic heterocycles. The molecule has 34 heavy (non-hydrogen) atoms. The van der Waals surface area contributed by atoms with Crippen molar-refractivity contribution in [3.05, 3.63) is 41.7 Å². The second kappa shape index (κ2) is 10.6. The van der Waals surface area contributed by atoms with Crippen LogP contribution < -0.4 is 4.90 Å². The Labute approximate surface area is 201 Å². The predicted octanol–water partition coefficient (Wildman–Crippen LogP) is 2.76. The van der Waals surface area contributed by atoms with E-state index in [1.165, 1.54) is 5.56 Å². The fourth-order valence-corrected chi connectivity index (χ4v) is 8.05. The van der Waals surface area contributed by atoms with Crippen LogP contribution in [0.15, 0.2) is 30.5 Å². The summed E-state index contributed by atoms with van der Waals surface area (Å²) in [7, 11) is -2.43. The molecule has 2 saturated heterocycles. The molecule has 0 saturated carbocycles. The highest BCUT2D eigenvalue weighted by Crippen LogP contribution is 2.45. The zero-order chi connectivity index (χ0) is 24.3. The van der Waals surface area contributed by atoms with Crippen LogP contribution in [0.1, 0.15) is 31.0 Å². The van der Waals surface area contributed by atoms with Crippen LogP contribution >= 0.6 is 0 Å². The lowest BCUT2D eigenvalue weighted by Gasteiger charge is -2.30. The first-order chi connectivity index (χ1) is 16.3. The number of aliphatic hydroxyl groups is 1. The number of benzene rings is 1. The number of carbonyl (C=O) groups excluding carboxylic acids is 1. The van der Waals surface area contributed by atoms with Crippen LogP contribution in [-0.2, 0) is 28.9 Å². The number of hydrogen-bond donors (Lipinski definition) is 2. The number of hydrogen-bond acceptors (Lipinski definition) is 7. The lowest BCUT2D eigenvalue weighted by atomic mass is 9.95. The van der Waals surface area contributed by atoms with Gasteiger partial charge in [0.1, 0.15) is 6.61 Å². The molecule has 2 N–H and O–H groups in total. The summed E-state index contributed by atoms with van der Waals surface area (Å²) in [6.07, 6.45) is 4.68. The van der Waals surface area contributed by atoms with Crippen molar-refractivity contribution in [3.8, 4) is 0 Å². The Bertz CT molecular complexity index is 961. The minimum Gasteiger partial charge on any atom is -0.447 e. The van der Waals surface area contributed by atoms with E-state index < -0.39 is 8.32 Å². The zero-order valence-corrected chi connectivity index (χ0v) is 21.3. The Morgan fingerprint density at radius 3 is 2.56 bits per heavy atom. The Morgan fingerprint density at radius 2 is 1.91 bits per heavy atom. The Balaban J connectivity index is 1.35. The smallest absolute Gasteiger partial charge is 0.414 e. The van der Waals surface area contributed by atoms with Gasteiger partial charge in [0.2, 0.25) is 0 Å². The molecule has 2 aromatic rings. The zero-order valence-electron chi connectivity index (χ0n) is 20.3. The van der Waals surface area contributed by atoms with Crippen LogP contribution in [0.3, 0.4) is 0 Å². The SMILES string of the molecule is C[C@H]1[C@H]([Si](C)(C)O)[C@@H](CCn2cc(CCO)nn2)O[C@H]1CCc1ccc(N2CCOC2=O)cc1. The molecule has 4 atom stereocenters. The van der Waals surface area contributed by atoms with E-state index in [-0.39, 0.29) is 36.4 Å². The largest absolute Gasteiger partial charge is 0.447 e. The van der Waals surface area contributed by atoms with E-state index in [1.807, 2.05) is 31.4 Å². The van der Waals surface area contributed by atoms with Crippen LogP contribution in [0.25, 0.3) is 0 Å². The van der Waals surface area contributed by atoms with E-state index >= 15 is 0 Å². The molecule has 3 heterocycles. The molecule has 2 aliphatic heterocycles. The van der Waals surface area contributed by atoms with Gasteiger partial charge >= 0.3 is 6.09 Å². The molecule has 9 nitrogen and oxygen atoms in total. The Hall–Kier alpha value is -2.27. The summed E-state index contributed by atoms with van der Waals surface area (Å²) < 4.78 is 13.4. The van der Waals surface area contributed by atoms with Crippen molar-refractivity contribution in [2.75, 3.05) is 24.7 Å². The van der Waals surface area contributed by atoms with Crippen molar-refractivity contribution < 1.29 is 24.2 Å². The number of ether oxygens (including phenoxy) is 2. The lowest BCUT2D eigenvalue weighted by molar-refractivity contribution is 0.0245. The van der Waals surface area contributed by atoms with Crippen molar-refractivity contribution in [3.63, 3.8) is 0 Å². The van der Waals surface area contributed by atoms with E-state index in [0.29, 0.717) is 26.1 Å². The minimum absolute atomic E-state index is 0.0132. The predicted molar refractivity (Wildman–Crippen MR) is 130 cm³/mol. The van der Waals surface area contributed by atoms with E-state index in [4.69, 9.17) is 14.6 Å². The molecular weight excluding hydrogens is 452 g/mol. The number of aliphatic hydroxyl groups excluding tert-OH is 1. The summed E-state index contributed by atoms with van der Waals surface area (Å²) >= 11 is 0. The summed E-state index contributed by atoms with van der Waals surface area (Å²) in [6, 6.07) is 8.07. The average molecular weight is 489 g/mol. The van der Waals surface area contributed by atoms with Crippen molar-refractivity contribution in [1.29, 1.82) is 0 Å². The standard InChI is InChI=1S/C24H36N4O5Si/c1-17-21(9-6-18-4-7-20(8-5-18)28-13-15-32-24(28)30)33-22(23(17)34(2,3)31)10-12-27-16-19(11-14-29)25-26-27/h4-5,7-8,16-17,21-23,29,31H,6,9-15H2,1-3H3/t17-,21+,22-,23+/m1/s1. The summed E-state index contributed by atoms with van der Waals surface area (Å²) in [4.78, 5) is 24.5. The third kappa shape index (κ3) is 5.68. The van der Waals surface area contributed by atoms with E-state index in [0.717, 1.165) is 30.6 Å². The molecule has 1 amide bonds. The topological polar surface area (TPSA) is 110 Å². The molecule has 0 radical (unpaired) electrons. The summed E-state index contributed by atoms with van der Waals surface area (Å²) in [5.41, 5.74) is 3.00. The normalized spacial score (nSPS) is 25.2. The Morgan fingerprint density at radius 1 is 1.15 bits per heavy atom. The summed E-state index contributed by atoms with van der Waals surface area (Å²) in [5, 5.41) is 17.3. The van der Waals surface area contributed by atoms with Crippen molar-refractivity contribution in [2.45, 2.75) is 70.0 Å². The summed E-state index contributed by atoms with van der Waals surface area (Å²) in [6.45, 7) is 7.97. The van der Waals surface area contributed by atoms with Crippen molar-refractivity contribution in [1.82, 2.24) is 15.0 Å². The number of cyclic esters (lactones) is 1. The molecule has 0 aliphatic carbocycles. The van der Waals surface area contributed by atoms with Crippen LogP contribution in [0, 0.1) is 5.92 Å². The quantitative estimate of drug-likeness (QED) is 0.495. The van der Waals surface area contributed by atoms with Crippen molar-refractivity contribution in [2.24, 2.45) is 5.92 Å². The number of nitrogens with zero attached hydrogens (tertiary/aromatic N) is 4. The molecule has 4 rings (SSSR count). The Kier molecular flexibility index (Phi) is 7.71. The minimum atomic E-state index is -2.43. The maximum atomic E-state index is 11.8. The van der Waals surface area contributed by atoms with Gasteiger partial charge in [0.25, 0.3) is 0 Å². The first kappa shape index (κ1) is 24.8. The number of carbonyl (C=O) groups is 1. The molecule has 1 aromatic carbocycles. The van der Waals surface area contributed by atoms with Gasteiger partial charge in [0, 0.05) is 37.0 Å². The monoisotopic (exact) mass is 488 g/mol. The van der Waals surface area contributed by atoms with Gasteiger partial charge in [-0.3, -0.25) is 9.58 Å². The third-order valence-corrected chi connectivity index (χ3v) is 9.57. The van der Waals surface area contributed by atoms with Crippen LogP contribution in [-0.4, -0.2) is 71.3 Å². The second-order valence-corrected chi connectivity index (χ2v) is 13.9. The fourth-order valence-electron chi connectivity index (χ4n) is 5.40. The number of amides is 1. The van der Waals surface area contributed by atoms with E-state index in [9.17, 15) is 9.59 Å². The molecule has 0 bridgehead atoms. The van der Waals surface area contributed by atoms with Gasteiger partial charge in [-0.2, -0.15) is 0 Å². The van der Waals surface area contributed by atoms with Crippen molar-refractivity contribution >= 4 is 20.1 Å². The van der Waals surface area contributed by atoms with Gasteiger partial charge in [-0.25, -0.2) is 4.79 Å². The first-order valence-corrected chi connectivity index (χ1v) is 15.2. The highest BCUT2D eigenvalue weighted by molar-refractivity contribution is 6.71. The number of anilines is 1. The van der Waals surface area contributed by atoms with Gasteiger partial charge in [0.15, 0.2) is 8.32 Å².